The van der Waals surface area contributed by atoms with Crippen LogP contribution in [0.3, 0.4) is 0 Å². The van der Waals surface area contributed by atoms with Gasteiger partial charge in [0.15, 0.2) is 0 Å². The lowest BCUT2D eigenvalue weighted by Crippen LogP contribution is -2.28. The molecule has 0 radical (unpaired) electrons. The van der Waals surface area contributed by atoms with Crippen molar-refractivity contribution in [2.75, 3.05) is 25.0 Å². The Bertz CT molecular complexity index is 450. The van der Waals surface area contributed by atoms with Gasteiger partial charge in [0.1, 0.15) is 0 Å². The van der Waals surface area contributed by atoms with Crippen LogP contribution in [0.2, 0.25) is 0 Å². The first-order valence-corrected chi connectivity index (χ1v) is 7.64. The Balaban J connectivity index is 2.07. The molecule has 1 amide bonds. The molecule has 0 aromatic heterocycles. The molecular formula is C17H26N2O. The first-order valence-electron chi connectivity index (χ1n) is 7.64. The molecule has 1 fully saturated rings. The highest BCUT2D eigenvalue weighted by molar-refractivity contribution is 5.76. The fraction of sp³-hybridized carbons (Fsp3) is 0.588. The predicted molar refractivity (Wildman–Crippen MR) is 83.8 cm³/mol. The Morgan fingerprint density at radius 3 is 2.55 bits per heavy atom. The van der Waals surface area contributed by atoms with Crippen LogP contribution >= 0.6 is 0 Å². The van der Waals surface area contributed by atoms with Crippen molar-refractivity contribution in [3.05, 3.63) is 29.8 Å². The minimum atomic E-state index is 0.233. The molecule has 0 atom stereocenters. The van der Waals surface area contributed by atoms with E-state index in [1.807, 2.05) is 11.9 Å². The summed E-state index contributed by atoms with van der Waals surface area (Å²) >= 11 is 0. The molecule has 3 nitrogen and oxygen atoms in total. The molecule has 0 unspecified atom stereocenters. The third-order valence-electron chi connectivity index (χ3n) is 3.85. The first-order chi connectivity index (χ1) is 9.58. The summed E-state index contributed by atoms with van der Waals surface area (Å²) in [5, 5.41) is 0. The van der Waals surface area contributed by atoms with Crippen LogP contribution in [0.25, 0.3) is 0 Å². The quantitative estimate of drug-likeness (QED) is 0.822. The zero-order valence-electron chi connectivity index (χ0n) is 12.9. The summed E-state index contributed by atoms with van der Waals surface area (Å²) in [6.45, 7) is 7.16. The van der Waals surface area contributed by atoms with Gasteiger partial charge in [0.25, 0.3) is 0 Å². The van der Waals surface area contributed by atoms with Gasteiger partial charge in [0.2, 0.25) is 5.91 Å². The van der Waals surface area contributed by atoms with E-state index in [1.54, 1.807) is 0 Å². The largest absolute Gasteiger partial charge is 0.371 e. The Labute approximate surface area is 122 Å². The lowest BCUT2D eigenvalue weighted by molar-refractivity contribution is -0.131. The van der Waals surface area contributed by atoms with Crippen molar-refractivity contribution in [2.24, 2.45) is 5.92 Å². The van der Waals surface area contributed by atoms with Gasteiger partial charge in [-0.05, 0) is 30.4 Å². The summed E-state index contributed by atoms with van der Waals surface area (Å²) in [5.41, 5.74) is 2.56. The molecular weight excluding hydrogens is 248 g/mol. The summed E-state index contributed by atoms with van der Waals surface area (Å²) in [4.78, 5) is 16.4. The Kier molecular flexibility index (Phi) is 5.05. The van der Waals surface area contributed by atoms with Crippen molar-refractivity contribution in [3.8, 4) is 0 Å². The normalized spacial score (nSPS) is 14.9. The number of anilines is 1. The van der Waals surface area contributed by atoms with E-state index in [1.165, 1.54) is 24.1 Å². The maximum Gasteiger partial charge on any atom is 0.222 e. The number of hydrogen-bond acceptors (Lipinski definition) is 2. The molecule has 3 heteroatoms. The highest BCUT2D eigenvalue weighted by atomic mass is 16.2. The highest BCUT2D eigenvalue weighted by Gasteiger charge is 2.17. The van der Waals surface area contributed by atoms with Crippen molar-refractivity contribution >= 4 is 11.6 Å². The van der Waals surface area contributed by atoms with Gasteiger partial charge in [-0.25, -0.2) is 0 Å². The van der Waals surface area contributed by atoms with E-state index >= 15 is 0 Å². The van der Waals surface area contributed by atoms with Crippen LogP contribution in [0, 0.1) is 5.92 Å². The number of nitrogens with zero attached hydrogens (tertiary/aromatic N) is 2. The molecule has 20 heavy (non-hydrogen) atoms. The minimum absolute atomic E-state index is 0.233. The van der Waals surface area contributed by atoms with Crippen molar-refractivity contribution in [2.45, 2.75) is 39.7 Å². The number of carbonyl (C=O) groups excluding carboxylic acids is 1. The highest BCUT2D eigenvalue weighted by Crippen LogP contribution is 2.25. The van der Waals surface area contributed by atoms with E-state index in [0.29, 0.717) is 18.9 Å². The van der Waals surface area contributed by atoms with Gasteiger partial charge in [0.05, 0.1) is 0 Å². The van der Waals surface area contributed by atoms with Crippen LogP contribution < -0.4 is 4.90 Å². The summed E-state index contributed by atoms with van der Waals surface area (Å²) in [7, 11) is 1.91. The van der Waals surface area contributed by atoms with Crippen molar-refractivity contribution < 1.29 is 4.79 Å². The second kappa shape index (κ2) is 6.78. The summed E-state index contributed by atoms with van der Waals surface area (Å²) < 4.78 is 0. The Hall–Kier alpha value is -1.51. The molecule has 1 aromatic rings. The van der Waals surface area contributed by atoms with Crippen LogP contribution in [0.15, 0.2) is 24.3 Å². The van der Waals surface area contributed by atoms with Gasteiger partial charge < -0.3 is 9.80 Å². The van der Waals surface area contributed by atoms with Crippen LogP contribution in [0.1, 0.15) is 38.7 Å². The van der Waals surface area contributed by atoms with E-state index in [-0.39, 0.29) is 5.91 Å². The number of para-hydroxylation sites is 1. The molecule has 110 valence electrons. The fourth-order valence-corrected chi connectivity index (χ4v) is 2.76. The summed E-state index contributed by atoms with van der Waals surface area (Å²) in [6.07, 6.45) is 3.18. The second-order valence-electron chi connectivity index (χ2n) is 6.17. The van der Waals surface area contributed by atoms with Gasteiger partial charge in [-0.3, -0.25) is 4.79 Å². The molecule has 1 aliphatic rings. The molecule has 0 aliphatic carbocycles. The third kappa shape index (κ3) is 3.75. The maximum atomic E-state index is 12.1. The van der Waals surface area contributed by atoms with E-state index in [9.17, 15) is 4.79 Å². The number of amides is 1. The Morgan fingerprint density at radius 2 is 1.90 bits per heavy atom. The summed E-state index contributed by atoms with van der Waals surface area (Å²) in [6, 6.07) is 8.48. The standard InChI is InChI=1S/C17H26N2O/c1-14(2)12-17(20)18(3)13-15-8-4-5-9-16(15)19-10-6-7-11-19/h4-5,8-9,14H,6-7,10-13H2,1-3H3. The van der Waals surface area contributed by atoms with E-state index in [0.717, 1.165) is 13.1 Å². The molecule has 0 saturated carbocycles. The molecule has 1 saturated heterocycles. The fourth-order valence-electron chi connectivity index (χ4n) is 2.76. The molecule has 1 aliphatic heterocycles. The zero-order chi connectivity index (χ0) is 14.5. The molecule has 0 bridgehead atoms. The Morgan fingerprint density at radius 1 is 1.25 bits per heavy atom. The van der Waals surface area contributed by atoms with Gasteiger partial charge in [-0.1, -0.05) is 32.0 Å². The maximum absolute atomic E-state index is 12.1. The molecule has 1 heterocycles. The number of benzene rings is 1. The van der Waals surface area contributed by atoms with Gasteiger partial charge in [0, 0.05) is 38.8 Å². The van der Waals surface area contributed by atoms with Gasteiger partial charge in [-0.2, -0.15) is 0 Å². The van der Waals surface area contributed by atoms with E-state index in [2.05, 4.69) is 43.0 Å². The topological polar surface area (TPSA) is 23.6 Å². The minimum Gasteiger partial charge on any atom is -0.371 e. The number of rotatable bonds is 5. The van der Waals surface area contributed by atoms with Crippen LogP contribution in [0.5, 0.6) is 0 Å². The lowest BCUT2D eigenvalue weighted by Gasteiger charge is -2.25. The predicted octanol–water partition coefficient (Wildman–Crippen LogP) is 3.29. The third-order valence-corrected chi connectivity index (χ3v) is 3.85. The SMILES string of the molecule is CC(C)CC(=O)N(C)Cc1ccccc1N1CCCC1. The van der Waals surface area contributed by atoms with Crippen LogP contribution in [0.4, 0.5) is 5.69 Å². The average Bonchev–Trinajstić information content (AvgIpc) is 2.92. The average molecular weight is 274 g/mol. The molecule has 0 spiro atoms. The molecule has 1 aromatic carbocycles. The van der Waals surface area contributed by atoms with Crippen molar-refractivity contribution in [1.82, 2.24) is 4.90 Å². The lowest BCUT2D eigenvalue weighted by atomic mass is 10.1. The first kappa shape index (κ1) is 14.9. The number of carbonyl (C=O) groups is 1. The smallest absolute Gasteiger partial charge is 0.222 e. The van der Waals surface area contributed by atoms with Crippen molar-refractivity contribution in [1.29, 1.82) is 0 Å². The van der Waals surface area contributed by atoms with Gasteiger partial charge in [-0.15, -0.1) is 0 Å². The second-order valence-corrected chi connectivity index (χ2v) is 6.17. The van der Waals surface area contributed by atoms with Crippen LogP contribution in [-0.2, 0) is 11.3 Å². The van der Waals surface area contributed by atoms with Crippen molar-refractivity contribution in [3.63, 3.8) is 0 Å². The van der Waals surface area contributed by atoms with E-state index < -0.39 is 0 Å². The van der Waals surface area contributed by atoms with Gasteiger partial charge >= 0.3 is 0 Å². The number of hydrogen-bond donors (Lipinski definition) is 0. The molecule has 0 N–H and O–H groups in total. The monoisotopic (exact) mass is 274 g/mol. The molecule has 2 rings (SSSR count). The van der Waals surface area contributed by atoms with Crippen LogP contribution in [-0.4, -0.2) is 30.9 Å². The summed E-state index contributed by atoms with van der Waals surface area (Å²) in [5.74, 6) is 0.648. The zero-order valence-corrected chi connectivity index (χ0v) is 12.9. The van der Waals surface area contributed by atoms with E-state index in [4.69, 9.17) is 0 Å².